The first-order valence-electron chi connectivity index (χ1n) is 5.36. The molecule has 2 aromatic rings. The zero-order valence-corrected chi connectivity index (χ0v) is 9.84. The van der Waals surface area contributed by atoms with Crippen LogP contribution in [0.15, 0.2) is 36.7 Å². The fraction of sp³-hybridized carbons (Fsp3) is 0.0833. The van der Waals surface area contributed by atoms with E-state index in [9.17, 15) is 4.79 Å². The minimum absolute atomic E-state index is 0.115. The van der Waals surface area contributed by atoms with Crippen LogP contribution in [0.4, 0.5) is 23.0 Å². The second kappa shape index (κ2) is 5.13. The van der Waals surface area contributed by atoms with Crippen LogP contribution in [0.1, 0.15) is 6.92 Å². The number of hydrogen-bond donors (Lipinski definition) is 3. The molecule has 0 atom stereocenters. The zero-order valence-electron chi connectivity index (χ0n) is 9.84. The van der Waals surface area contributed by atoms with Gasteiger partial charge in [-0.25, -0.2) is 9.97 Å². The minimum atomic E-state index is -0.115. The number of nitrogens with two attached hydrogens (primary N) is 1. The van der Waals surface area contributed by atoms with E-state index in [4.69, 9.17) is 5.73 Å². The molecule has 0 aliphatic rings. The Labute approximate surface area is 104 Å². The first-order valence-corrected chi connectivity index (χ1v) is 5.36. The molecule has 1 aromatic carbocycles. The number of carbonyl (C=O) groups is 1. The molecule has 0 aliphatic heterocycles. The molecule has 2 rings (SSSR count). The van der Waals surface area contributed by atoms with E-state index in [-0.39, 0.29) is 5.91 Å². The summed E-state index contributed by atoms with van der Waals surface area (Å²) in [6.45, 7) is 1.46. The van der Waals surface area contributed by atoms with Gasteiger partial charge in [0.1, 0.15) is 0 Å². The summed E-state index contributed by atoms with van der Waals surface area (Å²) in [5.74, 6) is 0.333. The Morgan fingerprint density at radius 2 is 1.89 bits per heavy atom. The number of aromatic nitrogens is 2. The molecular formula is C12H13N5O. The molecule has 1 amide bonds. The van der Waals surface area contributed by atoms with Crippen LogP contribution in [-0.2, 0) is 4.79 Å². The highest BCUT2D eigenvalue weighted by molar-refractivity contribution is 5.89. The highest BCUT2D eigenvalue weighted by Crippen LogP contribution is 2.17. The highest BCUT2D eigenvalue weighted by atomic mass is 16.1. The maximum Gasteiger partial charge on any atom is 0.227 e. The average Bonchev–Trinajstić information content (AvgIpc) is 2.32. The second-order valence-electron chi connectivity index (χ2n) is 3.73. The SMILES string of the molecule is CC(=O)Nc1cccc(Nc2ncc(N)cn2)c1. The van der Waals surface area contributed by atoms with Crippen LogP contribution in [0.25, 0.3) is 0 Å². The molecule has 4 N–H and O–H groups in total. The monoisotopic (exact) mass is 243 g/mol. The number of nitrogens with zero attached hydrogens (tertiary/aromatic N) is 2. The van der Waals surface area contributed by atoms with Crippen molar-refractivity contribution in [3.05, 3.63) is 36.7 Å². The Balaban J connectivity index is 2.13. The van der Waals surface area contributed by atoms with Gasteiger partial charge in [0.2, 0.25) is 11.9 Å². The van der Waals surface area contributed by atoms with Crippen molar-refractivity contribution in [3.8, 4) is 0 Å². The molecule has 92 valence electrons. The van der Waals surface area contributed by atoms with Gasteiger partial charge in [0, 0.05) is 18.3 Å². The largest absolute Gasteiger partial charge is 0.396 e. The molecule has 0 spiro atoms. The van der Waals surface area contributed by atoms with E-state index in [1.54, 1.807) is 12.1 Å². The molecule has 0 fully saturated rings. The van der Waals surface area contributed by atoms with E-state index < -0.39 is 0 Å². The smallest absolute Gasteiger partial charge is 0.227 e. The van der Waals surface area contributed by atoms with Crippen molar-refractivity contribution < 1.29 is 4.79 Å². The van der Waals surface area contributed by atoms with Crippen molar-refractivity contribution in [2.24, 2.45) is 0 Å². The number of anilines is 4. The van der Waals surface area contributed by atoms with Gasteiger partial charge in [0.25, 0.3) is 0 Å². The molecule has 0 unspecified atom stereocenters. The van der Waals surface area contributed by atoms with Gasteiger partial charge in [-0.3, -0.25) is 4.79 Å². The average molecular weight is 243 g/mol. The first kappa shape index (κ1) is 11.8. The van der Waals surface area contributed by atoms with Gasteiger partial charge < -0.3 is 16.4 Å². The number of nitrogen functional groups attached to an aromatic ring is 1. The number of hydrogen-bond acceptors (Lipinski definition) is 5. The first-order chi connectivity index (χ1) is 8.63. The molecule has 0 aliphatic carbocycles. The molecule has 1 aromatic heterocycles. The van der Waals surface area contributed by atoms with Gasteiger partial charge in [-0.1, -0.05) is 6.07 Å². The van der Waals surface area contributed by atoms with E-state index in [0.29, 0.717) is 17.3 Å². The van der Waals surface area contributed by atoms with Crippen molar-refractivity contribution >= 4 is 28.9 Å². The minimum Gasteiger partial charge on any atom is -0.396 e. The third-order valence-electron chi connectivity index (χ3n) is 2.11. The van der Waals surface area contributed by atoms with Crippen molar-refractivity contribution in [2.45, 2.75) is 6.92 Å². The fourth-order valence-electron chi connectivity index (χ4n) is 1.41. The van der Waals surface area contributed by atoms with E-state index in [1.165, 1.54) is 19.3 Å². The molecule has 6 heteroatoms. The summed E-state index contributed by atoms with van der Waals surface area (Å²) in [6.07, 6.45) is 3.04. The van der Waals surface area contributed by atoms with E-state index in [2.05, 4.69) is 20.6 Å². The summed E-state index contributed by atoms with van der Waals surface area (Å²) in [6, 6.07) is 7.27. The topological polar surface area (TPSA) is 92.9 Å². The van der Waals surface area contributed by atoms with Crippen molar-refractivity contribution in [3.63, 3.8) is 0 Å². The summed E-state index contributed by atoms with van der Waals surface area (Å²) >= 11 is 0. The summed E-state index contributed by atoms with van der Waals surface area (Å²) in [7, 11) is 0. The van der Waals surface area contributed by atoms with E-state index in [1.807, 2.05) is 12.1 Å². The van der Waals surface area contributed by atoms with E-state index >= 15 is 0 Å². The normalized spacial score (nSPS) is 9.83. The highest BCUT2D eigenvalue weighted by Gasteiger charge is 2.00. The zero-order chi connectivity index (χ0) is 13.0. The third-order valence-corrected chi connectivity index (χ3v) is 2.11. The molecule has 18 heavy (non-hydrogen) atoms. The Kier molecular flexibility index (Phi) is 3.38. The van der Waals surface area contributed by atoms with Crippen LogP contribution in [0.2, 0.25) is 0 Å². The Morgan fingerprint density at radius 1 is 1.22 bits per heavy atom. The standard InChI is InChI=1S/C12H13N5O/c1-8(18)16-10-3-2-4-11(5-10)17-12-14-6-9(13)7-15-12/h2-7H,13H2,1H3,(H,16,18)(H,14,15,17). The summed E-state index contributed by atoms with van der Waals surface area (Å²) in [5.41, 5.74) is 7.50. The van der Waals surface area contributed by atoms with E-state index in [0.717, 1.165) is 5.69 Å². The van der Waals surface area contributed by atoms with Gasteiger partial charge in [-0.2, -0.15) is 0 Å². The lowest BCUT2D eigenvalue weighted by molar-refractivity contribution is -0.114. The van der Waals surface area contributed by atoms with Crippen LogP contribution in [0.3, 0.4) is 0 Å². The summed E-state index contributed by atoms with van der Waals surface area (Å²) in [5, 5.41) is 5.72. The van der Waals surface area contributed by atoms with Crippen LogP contribution in [-0.4, -0.2) is 15.9 Å². The molecule has 0 bridgehead atoms. The lowest BCUT2D eigenvalue weighted by Gasteiger charge is -2.07. The number of carbonyl (C=O) groups excluding carboxylic acids is 1. The van der Waals surface area contributed by atoms with Crippen LogP contribution >= 0.6 is 0 Å². The predicted octanol–water partition coefficient (Wildman–Crippen LogP) is 1.76. The summed E-state index contributed by atoms with van der Waals surface area (Å²) in [4.78, 5) is 19.0. The van der Waals surface area contributed by atoms with Crippen molar-refractivity contribution in [1.29, 1.82) is 0 Å². The Hall–Kier alpha value is -2.63. The van der Waals surface area contributed by atoms with Gasteiger partial charge >= 0.3 is 0 Å². The van der Waals surface area contributed by atoms with Crippen LogP contribution in [0, 0.1) is 0 Å². The lowest BCUT2D eigenvalue weighted by Crippen LogP contribution is -2.06. The fourth-order valence-corrected chi connectivity index (χ4v) is 1.41. The number of rotatable bonds is 3. The Bertz CT molecular complexity index is 553. The maximum absolute atomic E-state index is 11.0. The van der Waals surface area contributed by atoms with Crippen molar-refractivity contribution in [1.82, 2.24) is 9.97 Å². The lowest BCUT2D eigenvalue weighted by atomic mass is 10.3. The quantitative estimate of drug-likeness (QED) is 0.763. The molecule has 6 nitrogen and oxygen atoms in total. The third kappa shape index (κ3) is 3.18. The summed E-state index contributed by atoms with van der Waals surface area (Å²) < 4.78 is 0. The van der Waals surface area contributed by atoms with Gasteiger partial charge in [0.05, 0.1) is 18.1 Å². The number of nitrogens with one attached hydrogen (secondary N) is 2. The molecule has 0 saturated carbocycles. The Morgan fingerprint density at radius 3 is 2.56 bits per heavy atom. The second-order valence-corrected chi connectivity index (χ2v) is 3.73. The molecule has 0 radical (unpaired) electrons. The van der Waals surface area contributed by atoms with Gasteiger partial charge in [0.15, 0.2) is 0 Å². The molecule has 1 heterocycles. The molecule has 0 saturated heterocycles. The predicted molar refractivity (Wildman–Crippen MR) is 70.5 cm³/mol. The van der Waals surface area contributed by atoms with Gasteiger partial charge in [-0.05, 0) is 18.2 Å². The van der Waals surface area contributed by atoms with Crippen LogP contribution < -0.4 is 16.4 Å². The molecular weight excluding hydrogens is 230 g/mol. The van der Waals surface area contributed by atoms with Crippen molar-refractivity contribution in [2.75, 3.05) is 16.4 Å². The number of benzene rings is 1. The number of amides is 1. The van der Waals surface area contributed by atoms with Gasteiger partial charge in [-0.15, -0.1) is 0 Å². The maximum atomic E-state index is 11.0. The van der Waals surface area contributed by atoms with Crippen LogP contribution in [0.5, 0.6) is 0 Å².